The van der Waals surface area contributed by atoms with Crippen LogP contribution in [0.5, 0.6) is 0 Å². The van der Waals surface area contributed by atoms with Crippen LogP contribution in [0.4, 0.5) is 10.1 Å². The van der Waals surface area contributed by atoms with Crippen molar-refractivity contribution < 1.29 is 9.31 Å². The first-order valence-electron chi connectivity index (χ1n) is 3.64. The van der Waals surface area contributed by atoms with E-state index in [9.17, 15) is 14.5 Å². The van der Waals surface area contributed by atoms with Crippen LogP contribution in [-0.2, 0) is 6.42 Å². The van der Waals surface area contributed by atoms with Gasteiger partial charge < -0.3 is 0 Å². The molecule has 0 spiro atoms. The standard InChI is InChI=1S/C8H7BrFNO2/c9-5-4-6-2-1-3-7(10)8(6)11(12)13/h1-3H,4-5H2. The maximum atomic E-state index is 13.0. The fraction of sp³-hybridized carbons (Fsp3) is 0.250. The molecule has 0 bridgehead atoms. The van der Waals surface area contributed by atoms with E-state index in [0.717, 1.165) is 6.07 Å². The Labute approximate surface area is 82.8 Å². The summed E-state index contributed by atoms with van der Waals surface area (Å²) >= 11 is 3.15. The molecule has 0 saturated heterocycles. The summed E-state index contributed by atoms with van der Waals surface area (Å²) in [4.78, 5) is 9.78. The highest BCUT2D eigenvalue weighted by atomic mass is 79.9. The van der Waals surface area contributed by atoms with Crippen molar-refractivity contribution in [1.29, 1.82) is 0 Å². The molecule has 0 aliphatic heterocycles. The highest BCUT2D eigenvalue weighted by Gasteiger charge is 2.18. The summed E-state index contributed by atoms with van der Waals surface area (Å²) < 4.78 is 13.0. The van der Waals surface area contributed by atoms with E-state index in [-0.39, 0.29) is 0 Å². The van der Waals surface area contributed by atoms with E-state index in [2.05, 4.69) is 15.9 Å². The molecule has 3 nitrogen and oxygen atoms in total. The number of halogens is 2. The molecule has 1 aromatic carbocycles. The van der Waals surface area contributed by atoms with E-state index in [1.165, 1.54) is 6.07 Å². The third-order valence-electron chi connectivity index (χ3n) is 1.62. The molecule has 0 fully saturated rings. The van der Waals surface area contributed by atoms with E-state index in [1.807, 2.05) is 0 Å². The van der Waals surface area contributed by atoms with E-state index < -0.39 is 16.4 Å². The molecule has 1 rings (SSSR count). The number of nitrogens with zero attached hydrogens (tertiary/aromatic N) is 1. The number of para-hydroxylation sites is 1. The number of rotatable bonds is 3. The van der Waals surface area contributed by atoms with E-state index in [0.29, 0.717) is 17.3 Å². The molecule has 13 heavy (non-hydrogen) atoms. The first kappa shape index (κ1) is 10.1. The van der Waals surface area contributed by atoms with Crippen molar-refractivity contribution in [2.24, 2.45) is 0 Å². The smallest absolute Gasteiger partial charge is 0.258 e. The maximum Gasteiger partial charge on any atom is 0.307 e. The Morgan fingerprint density at radius 3 is 2.77 bits per heavy atom. The van der Waals surface area contributed by atoms with Crippen LogP contribution < -0.4 is 0 Å². The van der Waals surface area contributed by atoms with Gasteiger partial charge >= 0.3 is 5.69 Å². The Kier molecular flexibility index (Phi) is 3.36. The summed E-state index contributed by atoms with van der Waals surface area (Å²) in [5.74, 6) is -0.775. The van der Waals surface area contributed by atoms with Crippen molar-refractivity contribution in [2.45, 2.75) is 6.42 Å². The van der Waals surface area contributed by atoms with Gasteiger partial charge in [-0.2, -0.15) is 4.39 Å². The van der Waals surface area contributed by atoms with E-state index in [1.54, 1.807) is 6.07 Å². The van der Waals surface area contributed by atoms with Crippen LogP contribution >= 0.6 is 15.9 Å². The average molecular weight is 248 g/mol. The Balaban J connectivity index is 3.17. The molecular weight excluding hydrogens is 241 g/mol. The molecule has 0 aliphatic carbocycles. The minimum Gasteiger partial charge on any atom is -0.258 e. The van der Waals surface area contributed by atoms with Crippen molar-refractivity contribution in [3.63, 3.8) is 0 Å². The SMILES string of the molecule is O=[N+]([O-])c1c(F)cccc1CCBr. The number of nitro groups is 1. The summed E-state index contributed by atoms with van der Waals surface area (Å²) in [6.07, 6.45) is 0.452. The van der Waals surface area contributed by atoms with Gasteiger partial charge in [0.25, 0.3) is 0 Å². The minimum atomic E-state index is -0.775. The Morgan fingerprint density at radius 2 is 2.23 bits per heavy atom. The molecule has 0 aliphatic rings. The lowest BCUT2D eigenvalue weighted by molar-refractivity contribution is -0.388. The second-order valence-corrected chi connectivity index (χ2v) is 3.24. The summed E-state index contributed by atoms with van der Waals surface area (Å²) in [6, 6.07) is 4.12. The zero-order chi connectivity index (χ0) is 9.84. The lowest BCUT2D eigenvalue weighted by Crippen LogP contribution is -1.99. The summed E-state index contributed by atoms with van der Waals surface area (Å²) in [5.41, 5.74) is 0.00354. The van der Waals surface area contributed by atoms with Crippen molar-refractivity contribution in [3.8, 4) is 0 Å². The summed E-state index contributed by atoms with van der Waals surface area (Å²) in [7, 11) is 0. The molecule has 70 valence electrons. The number of aryl methyl sites for hydroxylation is 1. The maximum absolute atomic E-state index is 13.0. The van der Waals surface area contributed by atoms with Gasteiger partial charge in [-0.15, -0.1) is 0 Å². The third-order valence-corrected chi connectivity index (χ3v) is 2.01. The fourth-order valence-corrected chi connectivity index (χ4v) is 1.50. The summed E-state index contributed by atoms with van der Waals surface area (Å²) in [6.45, 7) is 0. The molecule has 0 N–H and O–H groups in total. The molecule has 0 atom stereocenters. The second-order valence-electron chi connectivity index (χ2n) is 2.44. The predicted molar refractivity (Wildman–Crippen MR) is 50.6 cm³/mol. The van der Waals surface area contributed by atoms with Gasteiger partial charge in [-0.3, -0.25) is 10.1 Å². The first-order chi connectivity index (χ1) is 6.16. The van der Waals surface area contributed by atoms with E-state index >= 15 is 0 Å². The van der Waals surface area contributed by atoms with Crippen LogP contribution in [-0.4, -0.2) is 10.3 Å². The molecule has 1 aromatic rings. The summed E-state index contributed by atoms with van der Waals surface area (Å²) in [5, 5.41) is 11.0. The van der Waals surface area contributed by atoms with Crippen LogP contribution in [0.15, 0.2) is 18.2 Å². The molecule has 0 saturated carbocycles. The van der Waals surface area contributed by atoms with Gasteiger partial charge in [0.2, 0.25) is 5.82 Å². The normalized spacial score (nSPS) is 10.0. The van der Waals surface area contributed by atoms with Crippen molar-refractivity contribution >= 4 is 21.6 Å². The monoisotopic (exact) mass is 247 g/mol. The van der Waals surface area contributed by atoms with Gasteiger partial charge in [0, 0.05) is 10.9 Å². The number of nitro benzene ring substituents is 1. The zero-order valence-corrected chi connectivity index (χ0v) is 8.25. The van der Waals surface area contributed by atoms with Crippen molar-refractivity contribution in [2.75, 3.05) is 5.33 Å². The minimum absolute atomic E-state index is 0.415. The van der Waals surface area contributed by atoms with Crippen LogP contribution in [0.25, 0.3) is 0 Å². The number of alkyl halides is 1. The predicted octanol–water partition coefficient (Wildman–Crippen LogP) is 2.67. The van der Waals surface area contributed by atoms with Crippen molar-refractivity contribution in [1.82, 2.24) is 0 Å². The Hall–Kier alpha value is -0.970. The van der Waals surface area contributed by atoms with Crippen molar-refractivity contribution in [3.05, 3.63) is 39.7 Å². The second kappa shape index (κ2) is 4.32. The number of hydrogen-bond acceptors (Lipinski definition) is 2. The van der Waals surface area contributed by atoms with Crippen LogP contribution in [0.3, 0.4) is 0 Å². The fourth-order valence-electron chi connectivity index (χ4n) is 1.07. The quantitative estimate of drug-likeness (QED) is 0.468. The number of benzene rings is 1. The number of hydrogen-bond donors (Lipinski definition) is 0. The highest BCUT2D eigenvalue weighted by Crippen LogP contribution is 2.22. The van der Waals surface area contributed by atoms with Crippen LogP contribution in [0, 0.1) is 15.9 Å². The molecule has 0 radical (unpaired) electrons. The van der Waals surface area contributed by atoms with Gasteiger partial charge in [0.05, 0.1) is 4.92 Å². The largest absolute Gasteiger partial charge is 0.307 e. The van der Waals surface area contributed by atoms with Crippen LogP contribution in [0.2, 0.25) is 0 Å². The van der Waals surface area contributed by atoms with Gasteiger partial charge in [-0.1, -0.05) is 28.1 Å². The average Bonchev–Trinajstić information content (AvgIpc) is 2.04. The lowest BCUT2D eigenvalue weighted by atomic mass is 10.1. The molecular formula is C8H7BrFNO2. The topological polar surface area (TPSA) is 43.1 Å². The molecule has 0 heterocycles. The van der Waals surface area contributed by atoms with E-state index in [4.69, 9.17) is 0 Å². The molecule has 0 unspecified atom stereocenters. The Morgan fingerprint density at radius 1 is 1.54 bits per heavy atom. The van der Waals surface area contributed by atoms with Crippen LogP contribution in [0.1, 0.15) is 5.56 Å². The Bertz CT molecular complexity index is 330. The first-order valence-corrected chi connectivity index (χ1v) is 4.76. The third kappa shape index (κ3) is 2.24. The van der Waals surface area contributed by atoms with Gasteiger partial charge in [-0.25, -0.2) is 0 Å². The zero-order valence-electron chi connectivity index (χ0n) is 6.67. The van der Waals surface area contributed by atoms with Gasteiger partial charge in [-0.05, 0) is 12.5 Å². The van der Waals surface area contributed by atoms with Gasteiger partial charge in [0.1, 0.15) is 0 Å². The molecule has 0 amide bonds. The molecule has 5 heteroatoms. The lowest BCUT2D eigenvalue weighted by Gasteiger charge is -2.00. The highest BCUT2D eigenvalue weighted by molar-refractivity contribution is 9.09. The van der Waals surface area contributed by atoms with Gasteiger partial charge in [0.15, 0.2) is 0 Å². The molecule has 0 aromatic heterocycles.